The fourth-order valence-corrected chi connectivity index (χ4v) is 5.45. The number of fused-ring (bicyclic) bond motifs is 1. The topological polar surface area (TPSA) is 67.9 Å². The predicted molar refractivity (Wildman–Crippen MR) is 141 cm³/mol. The lowest BCUT2D eigenvalue weighted by molar-refractivity contribution is -0.119. The van der Waals surface area contributed by atoms with E-state index in [-0.39, 0.29) is 0 Å². The van der Waals surface area contributed by atoms with E-state index in [4.69, 9.17) is 21.1 Å². The number of nitrogens with one attached hydrogen (secondary N) is 1. The van der Waals surface area contributed by atoms with E-state index in [1.807, 2.05) is 47.9 Å². The monoisotopic (exact) mass is 502 g/mol. The number of rotatable bonds is 10. The highest BCUT2D eigenvalue weighted by atomic mass is 35.5. The Morgan fingerprint density at radius 2 is 1.83 bits per heavy atom. The first kappa shape index (κ1) is 27.3. The summed E-state index contributed by atoms with van der Waals surface area (Å²) >= 11 is 6.85. The van der Waals surface area contributed by atoms with Gasteiger partial charge in [0.25, 0.3) is 5.79 Å². The van der Waals surface area contributed by atoms with Gasteiger partial charge < -0.3 is 19.7 Å². The van der Waals surface area contributed by atoms with Gasteiger partial charge in [0.15, 0.2) is 17.8 Å². The van der Waals surface area contributed by atoms with Crippen molar-refractivity contribution in [2.75, 3.05) is 27.2 Å². The Hall–Kier alpha value is -2.31. The fraction of sp³-hybridized carbons (Fsp3) is 0.571. The molecule has 0 saturated heterocycles. The lowest BCUT2D eigenvalue weighted by atomic mass is 9.84. The number of carbonyl (C=O) groups is 2. The Kier molecular flexibility index (Phi) is 9.05. The van der Waals surface area contributed by atoms with E-state index in [2.05, 4.69) is 10.2 Å². The molecule has 2 aliphatic rings. The molecule has 0 radical (unpaired) electrons. The van der Waals surface area contributed by atoms with Crippen LogP contribution in [0.2, 0.25) is 5.02 Å². The van der Waals surface area contributed by atoms with Crippen LogP contribution in [0, 0.1) is 12.8 Å². The number of halogens is 1. The number of ether oxygens (including phenoxy) is 2. The maximum Gasteiger partial charge on any atom is 0.251 e. The van der Waals surface area contributed by atoms with Gasteiger partial charge >= 0.3 is 0 Å². The number of aldehydes is 2. The maximum absolute atomic E-state index is 12.1. The summed E-state index contributed by atoms with van der Waals surface area (Å²) in [7, 11) is 3.81. The van der Waals surface area contributed by atoms with Crippen molar-refractivity contribution in [2.24, 2.45) is 5.92 Å². The van der Waals surface area contributed by atoms with Gasteiger partial charge in [0, 0.05) is 55.4 Å². The first-order valence-corrected chi connectivity index (χ1v) is 12.9. The van der Waals surface area contributed by atoms with E-state index in [1.54, 1.807) is 0 Å². The van der Waals surface area contributed by atoms with Crippen molar-refractivity contribution in [3.05, 3.63) is 44.6 Å². The summed E-state index contributed by atoms with van der Waals surface area (Å²) in [6, 6.07) is 0. The number of benzene rings is 1. The molecule has 1 N–H and O–H groups in total. The van der Waals surface area contributed by atoms with Crippen LogP contribution in [0.4, 0.5) is 0 Å². The summed E-state index contributed by atoms with van der Waals surface area (Å²) in [5, 5.41) is 3.53. The summed E-state index contributed by atoms with van der Waals surface area (Å²) in [6.07, 6.45) is 10.0. The zero-order valence-electron chi connectivity index (χ0n) is 21.9. The largest absolute Gasteiger partial charge is 0.448 e. The minimum Gasteiger partial charge on any atom is -0.448 e. The summed E-state index contributed by atoms with van der Waals surface area (Å²) in [5.41, 5.74) is 4.73. The molecule has 1 fully saturated rings. The predicted octanol–water partition coefficient (Wildman–Crippen LogP) is 5.64. The van der Waals surface area contributed by atoms with Crippen molar-refractivity contribution in [3.63, 3.8) is 0 Å². The first-order valence-electron chi connectivity index (χ1n) is 12.5. The first-order chi connectivity index (χ1) is 16.6. The molecule has 0 bridgehead atoms. The van der Waals surface area contributed by atoms with E-state index in [0.29, 0.717) is 53.1 Å². The van der Waals surface area contributed by atoms with Gasteiger partial charge in [0.1, 0.15) is 6.29 Å². The molecule has 3 rings (SSSR count). The highest BCUT2D eigenvalue weighted by Gasteiger charge is 2.46. The second-order valence-corrected chi connectivity index (χ2v) is 10.4. The van der Waals surface area contributed by atoms with Crippen molar-refractivity contribution >= 4 is 24.2 Å². The quantitative estimate of drug-likeness (QED) is 0.253. The molecule has 0 amide bonds. The summed E-state index contributed by atoms with van der Waals surface area (Å²) in [5.74, 6) is 0.686. The van der Waals surface area contributed by atoms with Crippen molar-refractivity contribution in [1.29, 1.82) is 0 Å². The van der Waals surface area contributed by atoms with E-state index in [0.717, 1.165) is 47.8 Å². The minimum atomic E-state index is -0.757. The third kappa shape index (κ3) is 5.92. The van der Waals surface area contributed by atoms with Gasteiger partial charge in [-0.05, 0) is 64.3 Å². The van der Waals surface area contributed by atoms with E-state index in [1.165, 1.54) is 19.3 Å². The molecule has 1 aliphatic heterocycles. The molecule has 1 heterocycles. The Bertz CT molecular complexity index is 1030. The van der Waals surface area contributed by atoms with Gasteiger partial charge in [-0.15, -0.1) is 0 Å². The molecular weight excluding hydrogens is 464 g/mol. The number of hydrogen-bond acceptors (Lipinski definition) is 6. The Balaban J connectivity index is 1.81. The summed E-state index contributed by atoms with van der Waals surface area (Å²) in [6.45, 7) is 8.91. The van der Waals surface area contributed by atoms with Crippen LogP contribution >= 0.6 is 11.6 Å². The zero-order chi connectivity index (χ0) is 25.8. The normalized spacial score (nSPS) is 21.2. The molecule has 1 aliphatic carbocycles. The molecule has 192 valence electrons. The van der Waals surface area contributed by atoms with E-state index >= 15 is 0 Å². The summed E-state index contributed by atoms with van der Waals surface area (Å²) < 4.78 is 12.8. The SMILES string of the molecule is CN/C(C)=C\C(C)=C(/C=O)CN(C)CCc1c(Cl)c2c(c(C)c1C=O)OC(C)(C1CCCCC1)O2. The average molecular weight is 503 g/mol. The highest BCUT2D eigenvalue weighted by molar-refractivity contribution is 6.33. The molecule has 35 heavy (non-hydrogen) atoms. The van der Waals surface area contributed by atoms with Crippen LogP contribution in [0.25, 0.3) is 0 Å². The van der Waals surface area contributed by atoms with Crippen molar-refractivity contribution in [2.45, 2.75) is 72.0 Å². The lowest BCUT2D eigenvalue weighted by Gasteiger charge is -2.34. The number of nitrogens with zero attached hydrogens (tertiary/aromatic N) is 1. The smallest absolute Gasteiger partial charge is 0.251 e. The van der Waals surface area contributed by atoms with Crippen LogP contribution in [0.15, 0.2) is 22.9 Å². The average Bonchev–Trinajstić information content (AvgIpc) is 3.23. The Labute approximate surface area is 214 Å². The summed E-state index contributed by atoms with van der Waals surface area (Å²) in [4.78, 5) is 25.9. The highest BCUT2D eigenvalue weighted by Crippen LogP contribution is 2.52. The molecule has 7 heteroatoms. The number of allylic oxidation sites excluding steroid dienone is 3. The van der Waals surface area contributed by atoms with Gasteiger partial charge in [-0.2, -0.15) is 0 Å². The van der Waals surface area contributed by atoms with Gasteiger partial charge in [0.05, 0.1) is 5.02 Å². The van der Waals surface area contributed by atoms with Crippen LogP contribution in [0.5, 0.6) is 11.5 Å². The Morgan fingerprint density at radius 1 is 1.17 bits per heavy atom. The minimum absolute atomic E-state index is 0.297. The lowest BCUT2D eigenvalue weighted by Crippen LogP contribution is -2.44. The van der Waals surface area contributed by atoms with Crippen LogP contribution in [-0.4, -0.2) is 50.4 Å². The molecule has 1 saturated carbocycles. The molecular formula is C28H39ClN2O4. The second kappa shape index (κ2) is 11.6. The number of hydrogen-bond donors (Lipinski definition) is 1. The molecule has 1 unspecified atom stereocenters. The second-order valence-electron chi connectivity index (χ2n) is 10.1. The van der Waals surface area contributed by atoms with Gasteiger partial charge in [0.2, 0.25) is 0 Å². The maximum atomic E-state index is 12.1. The molecule has 1 aromatic rings. The molecule has 0 aromatic heterocycles. The standard InChI is InChI=1S/C28H39ClN2O4/c1-18(14-19(2)30-5)21(16-32)15-31(6)13-12-23-24(17-33)20(3)26-27(25(23)29)35-28(4,34-26)22-10-8-7-9-11-22/h14,16-17,22,30H,7-13,15H2,1-6H3/b19-14-,21-18-. The van der Waals surface area contributed by atoms with E-state index in [9.17, 15) is 9.59 Å². The van der Waals surface area contributed by atoms with Gasteiger partial charge in [-0.25, -0.2) is 0 Å². The molecule has 1 atom stereocenters. The number of likely N-dealkylation sites (N-methyl/N-ethyl adjacent to an activating group) is 1. The fourth-order valence-electron chi connectivity index (χ4n) is 5.13. The van der Waals surface area contributed by atoms with Crippen LogP contribution in [0.3, 0.4) is 0 Å². The van der Waals surface area contributed by atoms with Crippen molar-refractivity contribution < 1.29 is 19.1 Å². The molecule has 0 spiro atoms. The van der Waals surface area contributed by atoms with Gasteiger partial charge in [-0.3, -0.25) is 9.59 Å². The van der Waals surface area contributed by atoms with Crippen LogP contribution in [0.1, 0.15) is 74.4 Å². The third-order valence-corrected chi connectivity index (χ3v) is 7.87. The molecule has 6 nitrogen and oxygen atoms in total. The Morgan fingerprint density at radius 3 is 2.43 bits per heavy atom. The zero-order valence-corrected chi connectivity index (χ0v) is 22.7. The van der Waals surface area contributed by atoms with Crippen molar-refractivity contribution in [3.8, 4) is 11.5 Å². The van der Waals surface area contributed by atoms with Crippen molar-refractivity contribution in [1.82, 2.24) is 10.2 Å². The molecule has 1 aromatic carbocycles. The van der Waals surface area contributed by atoms with E-state index < -0.39 is 5.79 Å². The third-order valence-electron chi connectivity index (χ3n) is 7.47. The van der Waals surface area contributed by atoms with Crippen LogP contribution < -0.4 is 14.8 Å². The van der Waals surface area contributed by atoms with Gasteiger partial charge in [-0.1, -0.05) is 30.9 Å². The number of carbonyl (C=O) groups excluding carboxylic acids is 2. The van der Waals surface area contributed by atoms with Crippen LogP contribution in [-0.2, 0) is 11.2 Å².